The number of nitrogens with one attached hydrogen (secondary N) is 1. The lowest BCUT2D eigenvalue weighted by molar-refractivity contribution is 0.627. The molecular weight excluding hydrogens is 365 g/mol. The molecule has 2 aromatic rings. The molecule has 0 atom stereocenters. The van der Waals surface area contributed by atoms with Crippen LogP contribution in [0.1, 0.15) is 11.1 Å². The van der Waals surface area contributed by atoms with Crippen LogP contribution in [0.3, 0.4) is 0 Å². The normalized spacial score (nSPS) is 10.0. The molecule has 0 unspecified atom stereocenters. The maximum atomic E-state index is 13.7. The van der Waals surface area contributed by atoms with Gasteiger partial charge in [0, 0.05) is 35.4 Å². The number of anilines is 2. The van der Waals surface area contributed by atoms with Gasteiger partial charge in [-0.1, -0.05) is 0 Å². The van der Waals surface area contributed by atoms with Crippen molar-refractivity contribution in [1.82, 2.24) is 4.98 Å². The van der Waals surface area contributed by atoms with Gasteiger partial charge in [0.05, 0.1) is 0 Å². The third-order valence-electron chi connectivity index (χ3n) is 3.23. The Labute approximate surface area is 139 Å². The average molecular weight is 376 g/mol. The van der Waals surface area contributed by atoms with Gasteiger partial charge in [-0.05, 0) is 28.1 Å². The first-order chi connectivity index (χ1) is 10.8. The second-order valence-corrected chi connectivity index (χ2v) is 5.75. The van der Waals surface area contributed by atoms with Gasteiger partial charge in [-0.2, -0.15) is 10.5 Å². The topological polar surface area (TPSA) is 110 Å². The molecule has 0 saturated heterocycles. The molecule has 3 N–H and O–H groups in total. The molecule has 0 aliphatic heterocycles. The van der Waals surface area contributed by atoms with Crippen LogP contribution in [0.2, 0.25) is 0 Å². The van der Waals surface area contributed by atoms with Gasteiger partial charge in [-0.15, -0.1) is 0 Å². The summed E-state index contributed by atoms with van der Waals surface area (Å²) in [7, 11) is 3.36. The predicted molar refractivity (Wildman–Crippen MR) is 88.3 cm³/mol. The molecule has 0 aliphatic rings. The number of hydrogen-bond acceptors (Lipinski definition) is 5. The van der Waals surface area contributed by atoms with E-state index >= 15 is 0 Å². The highest BCUT2D eigenvalue weighted by molar-refractivity contribution is 9.10. The number of hydrogen-bond donors (Lipinski definition) is 2. The van der Waals surface area contributed by atoms with Gasteiger partial charge in [0.1, 0.15) is 34.9 Å². The maximum Gasteiger partial charge on any atom is 0.268 e. The third-order valence-corrected chi connectivity index (χ3v) is 3.86. The van der Waals surface area contributed by atoms with Crippen molar-refractivity contribution in [3.63, 3.8) is 0 Å². The maximum absolute atomic E-state index is 13.7. The Balaban J connectivity index is 3.08. The molecule has 116 valence electrons. The molecular formula is C15H11BrFN5O. The number of nitrogens with zero attached hydrogens (tertiary/aromatic N) is 3. The van der Waals surface area contributed by atoms with Crippen molar-refractivity contribution in [3.8, 4) is 23.3 Å². The van der Waals surface area contributed by atoms with Gasteiger partial charge in [0.15, 0.2) is 0 Å². The van der Waals surface area contributed by atoms with E-state index in [1.165, 1.54) is 12.1 Å². The summed E-state index contributed by atoms with van der Waals surface area (Å²) in [6.45, 7) is 0. The highest BCUT2D eigenvalue weighted by atomic mass is 79.9. The van der Waals surface area contributed by atoms with Crippen LogP contribution in [0.15, 0.2) is 21.4 Å². The van der Waals surface area contributed by atoms with Gasteiger partial charge in [0.25, 0.3) is 5.56 Å². The summed E-state index contributed by atoms with van der Waals surface area (Å²) < 4.78 is 14.0. The van der Waals surface area contributed by atoms with Crippen LogP contribution >= 0.6 is 15.9 Å². The molecule has 0 radical (unpaired) electrons. The van der Waals surface area contributed by atoms with Gasteiger partial charge >= 0.3 is 0 Å². The largest absolute Gasteiger partial charge is 0.384 e. The van der Waals surface area contributed by atoms with Crippen molar-refractivity contribution >= 4 is 27.4 Å². The number of nitrogens with two attached hydrogens (primary N) is 1. The van der Waals surface area contributed by atoms with Crippen LogP contribution in [-0.4, -0.2) is 19.1 Å². The molecule has 2 rings (SSSR count). The van der Waals surface area contributed by atoms with E-state index < -0.39 is 11.4 Å². The van der Waals surface area contributed by atoms with Gasteiger partial charge in [0.2, 0.25) is 0 Å². The number of nitriles is 2. The number of rotatable bonds is 2. The second kappa shape index (κ2) is 6.11. The minimum absolute atomic E-state index is 0.0449. The summed E-state index contributed by atoms with van der Waals surface area (Å²) in [5, 5.41) is 18.7. The fourth-order valence-corrected chi connectivity index (χ4v) is 2.87. The summed E-state index contributed by atoms with van der Waals surface area (Å²) in [5.41, 5.74) is 5.52. The molecule has 0 spiro atoms. The molecule has 1 aromatic carbocycles. The monoisotopic (exact) mass is 375 g/mol. The quantitative estimate of drug-likeness (QED) is 0.836. The van der Waals surface area contributed by atoms with Crippen molar-refractivity contribution in [2.45, 2.75) is 0 Å². The van der Waals surface area contributed by atoms with Crippen molar-refractivity contribution < 1.29 is 4.39 Å². The number of H-pyrrole nitrogens is 1. The first-order valence-corrected chi connectivity index (χ1v) is 7.13. The van der Waals surface area contributed by atoms with Crippen LogP contribution < -0.4 is 16.2 Å². The van der Waals surface area contributed by atoms with E-state index in [0.29, 0.717) is 15.7 Å². The van der Waals surface area contributed by atoms with E-state index in [1.54, 1.807) is 25.1 Å². The van der Waals surface area contributed by atoms with E-state index in [-0.39, 0.29) is 22.5 Å². The van der Waals surface area contributed by atoms with E-state index in [4.69, 9.17) is 5.73 Å². The van der Waals surface area contributed by atoms with Crippen molar-refractivity contribution in [2.24, 2.45) is 0 Å². The summed E-state index contributed by atoms with van der Waals surface area (Å²) in [5.74, 6) is -0.647. The average Bonchev–Trinajstić information content (AvgIpc) is 2.46. The smallest absolute Gasteiger partial charge is 0.268 e. The lowest BCUT2D eigenvalue weighted by atomic mass is 9.95. The van der Waals surface area contributed by atoms with E-state index in [9.17, 15) is 19.7 Å². The first-order valence-electron chi connectivity index (χ1n) is 6.34. The van der Waals surface area contributed by atoms with E-state index in [0.717, 1.165) is 0 Å². The molecule has 8 heteroatoms. The molecule has 6 nitrogen and oxygen atoms in total. The second-order valence-electron chi connectivity index (χ2n) is 4.89. The minimum Gasteiger partial charge on any atom is -0.384 e. The van der Waals surface area contributed by atoms with E-state index in [2.05, 4.69) is 20.9 Å². The van der Waals surface area contributed by atoms with Crippen LogP contribution in [-0.2, 0) is 0 Å². The molecule has 0 aliphatic carbocycles. The highest BCUT2D eigenvalue weighted by Gasteiger charge is 2.23. The molecule has 0 fully saturated rings. The molecule has 1 heterocycles. The number of halogens is 2. The van der Waals surface area contributed by atoms with E-state index in [1.807, 2.05) is 6.07 Å². The fourth-order valence-electron chi connectivity index (χ4n) is 2.25. The Kier molecular flexibility index (Phi) is 4.39. The number of benzene rings is 1. The summed E-state index contributed by atoms with van der Waals surface area (Å²) >= 11 is 3.24. The third kappa shape index (κ3) is 2.77. The Morgan fingerprint density at radius 3 is 2.35 bits per heavy atom. The van der Waals surface area contributed by atoms with Crippen molar-refractivity contribution in [2.75, 3.05) is 24.7 Å². The summed E-state index contributed by atoms with van der Waals surface area (Å²) in [6.07, 6.45) is 0. The Bertz CT molecular complexity index is 937. The highest BCUT2D eigenvalue weighted by Crippen LogP contribution is 2.40. The molecule has 0 amide bonds. The van der Waals surface area contributed by atoms with Crippen molar-refractivity contribution in [1.29, 1.82) is 10.5 Å². The van der Waals surface area contributed by atoms with Crippen LogP contribution in [0.5, 0.6) is 0 Å². The Morgan fingerprint density at radius 2 is 1.83 bits per heavy atom. The number of pyridine rings is 1. The SMILES string of the molecule is CN(C)c1cc(F)cc(Br)c1-c1c(C#N)c(N)[nH]c(=O)c1C#N. The zero-order valence-corrected chi connectivity index (χ0v) is 13.8. The first kappa shape index (κ1) is 16.5. The minimum atomic E-state index is -0.708. The number of nitrogen functional groups attached to an aromatic ring is 1. The van der Waals surface area contributed by atoms with Crippen molar-refractivity contribution in [3.05, 3.63) is 43.9 Å². The molecule has 0 bridgehead atoms. The van der Waals surface area contributed by atoms with Gasteiger partial charge in [-0.25, -0.2) is 4.39 Å². The van der Waals surface area contributed by atoms with Crippen LogP contribution in [0.25, 0.3) is 11.1 Å². The molecule has 23 heavy (non-hydrogen) atoms. The predicted octanol–water partition coefficient (Wildman–Crippen LogP) is 2.34. The molecule has 0 saturated carbocycles. The zero-order valence-electron chi connectivity index (χ0n) is 12.2. The summed E-state index contributed by atoms with van der Waals surface area (Å²) in [4.78, 5) is 15.9. The fraction of sp³-hybridized carbons (Fsp3) is 0.133. The number of aromatic amines is 1. The van der Waals surface area contributed by atoms with Gasteiger partial charge < -0.3 is 15.6 Å². The standard InChI is InChI=1S/C15H11BrFN5O/c1-22(2)11-4-7(17)3-10(16)13(11)12-8(5-18)14(20)21-15(23)9(12)6-19/h3-4H,1-2H3,(H3,20,21,23). The number of aromatic nitrogens is 1. The lowest BCUT2D eigenvalue weighted by Crippen LogP contribution is -2.18. The molecule has 1 aromatic heterocycles. The Morgan fingerprint density at radius 1 is 1.22 bits per heavy atom. The van der Waals surface area contributed by atoms with Crippen LogP contribution in [0.4, 0.5) is 15.9 Å². The van der Waals surface area contributed by atoms with Gasteiger partial charge in [-0.3, -0.25) is 4.79 Å². The Hall–Kier alpha value is -2.84. The summed E-state index contributed by atoms with van der Waals surface area (Å²) in [6, 6.07) is 6.13. The van der Waals surface area contributed by atoms with Crippen LogP contribution in [0, 0.1) is 28.5 Å². The zero-order chi connectivity index (χ0) is 17.3. The lowest BCUT2D eigenvalue weighted by Gasteiger charge is -2.20.